The van der Waals surface area contributed by atoms with Crippen LogP contribution in [0.25, 0.3) is 0 Å². The van der Waals surface area contributed by atoms with Crippen LogP contribution >= 0.6 is 0 Å². The Balaban J connectivity index is 1.84. The molecule has 1 aromatic rings. The van der Waals surface area contributed by atoms with Crippen LogP contribution in [0.1, 0.15) is 49.0 Å². The SMILES string of the molecule is CC(O)C1CCN(C(=O)c2cccc3c2OC(C)C3C)C1. The molecule has 0 radical (unpaired) electrons. The van der Waals surface area contributed by atoms with E-state index in [0.29, 0.717) is 24.6 Å². The predicted octanol–water partition coefficient (Wildman–Crippen LogP) is 2.41. The summed E-state index contributed by atoms with van der Waals surface area (Å²) in [6, 6.07) is 5.83. The molecule has 2 aliphatic heterocycles. The Kier molecular flexibility index (Phi) is 3.66. The van der Waals surface area contributed by atoms with Crippen molar-refractivity contribution >= 4 is 5.91 Å². The highest BCUT2D eigenvalue weighted by Gasteiger charge is 2.35. The first kappa shape index (κ1) is 14.4. The molecule has 0 aliphatic carbocycles. The fourth-order valence-electron chi connectivity index (χ4n) is 3.29. The summed E-state index contributed by atoms with van der Waals surface area (Å²) in [6.45, 7) is 7.31. The molecule has 0 spiro atoms. The van der Waals surface area contributed by atoms with Crippen LogP contribution in [0.5, 0.6) is 5.75 Å². The van der Waals surface area contributed by atoms with Gasteiger partial charge in [0, 0.05) is 30.5 Å². The number of ether oxygens (including phenoxy) is 1. The molecular weight excluding hydrogens is 266 g/mol. The molecule has 4 nitrogen and oxygen atoms in total. The van der Waals surface area contributed by atoms with Gasteiger partial charge in [-0.25, -0.2) is 0 Å². The van der Waals surface area contributed by atoms with Crippen LogP contribution in [0, 0.1) is 5.92 Å². The van der Waals surface area contributed by atoms with E-state index in [-0.39, 0.29) is 24.0 Å². The highest BCUT2D eigenvalue weighted by Crippen LogP contribution is 2.40. The van der Waals surface area contributed by atoms with Gasteiger partial charge >= 0.3 is 0 Å². The minimum absolute atomic E-state index is 0.0244. The third-order valence-electron chi connectivity index (χ3n) is 4.97. The molecule has 2 heterocycles. The molecule has 4 atom stereocenters. The van der Waals surface area contributed by atoms with Crippen molar-refractivity contribution in [3.8, 4) is 5.75 Å². The van der Waals surface area contributed by atoms with Gasteiger partial charge in [0.15, 0.2) is 0 Å². The van der Waals surface area contributed by atoms with E-state index in [1.165, 1.54) is 0 Å². The Morgan fingerprint density at radius 2 is 2.19 bits per heavy atom. The van der Waals surface area contributed by atoms with Gasteiger partial charge in [0.25, 0.3) is 5.91 Å². The summed E-state index contributed by atoms with van der Waals surface area (Å²) >= 11 is 0. The molecule has 21 heavy (non-hydrogen) atoms. The summed E-state index contributed by atoms with van der Waals surface area (Å²) in [6.07, 6.45) is 0.616. The standard InChI is InChI=1S/C17H23NO3/c1-10-12(3)21-16-14(10)5-4-6-15(16)17(20)18-8-7-13(9-18)11(2)19/h4-6,10-13,19H,7-9H2,1-3H3. The number of para-hydroxylation sites is 1. The zero-order chi connectivity index (χ0) is 15.1. The number of aliphatic hydroxyl groups excluding tert-OH is 1. The summed E-state index contributed by atoms with van der Waals surface area (Å²) in [5.41, 5.74) is 1.79. The fourth-order valence-corrected chi connectivity index (χ4v) is 3.29. The summed E-state index contributed by atoms with van der Waals surface area (Å²) in [4.78, 5) is 14.6. The zero-order valence-electron chi connectivity index (χ0n) is 12.9. The molecule has 0 bridgehead atoms. The predicted molar refractivity (Wildman–Crippen MR) is 80.6 cm³/mol. The van der Waals surface area contributed by atoms with Crippen molar-refractivity contribution in [1.82, 2.24) is 4.90 Å². The lowest BCUT2D eigenvalue weighted by Crippen LogP contribution is -2.30. The quantitative estimate of drug-likeness (QED) is 0.909. The van der Waals surface area contributed by atoms with Gasteiger partial charge in [-0.05, 0) is 26.3 Å². The second-order valence-corrected chi connectivity index (χ2v) is 6.38. The van der Waals surface area contributed by atoms with Crippen LogP contribution in [0.2, 0.25) is 0 Å². The monoisotopic (exact) mass is 289 g/mol. The van der Waals surface area contributed by atoms with Crippen LogP contribution in [0.4, 0.5) is 0 Å². The molecule has 2 aliphatic rings. The molecule has 1 fully saturated rings. The Morgan fingerprint density at radius 1 is 1.43 bits per heavy atom. The molecule has 114 valence electrons. The number of benzene rings is 1. The number of carbonyl (C=O) groups excluding carboxylic acids is 1. The Labute approximate surface area is 125 Å². The zero-order valence-corrected chi connectivity index (χ0v) is 12.9. The van der Waals surface area contributed by atoms with E-state index < -0.39 is 0 Å². The average Bonchev–Trinajstić information content (AvgIpc) is 3.05. The summed E-state index contributed by atoms with van der Waals surface area (Å²) in [5.74, 6) is 1.28. The summed E-state index contributed by atoms with van der Waals surface area (Å²) in [7, 11) is 0. The lowest BCUT2D eigenvalue weighted by atomic mass is 9.96. The van der Waals surface area contributed by atoms with E-state index >= 15 is 0 Å². The largest absolute Gasteiger partial charge is 0.489 e. The van der Waals surface area contributed by atoms with Gasteiger partial charge in [0.1, 0.15) is 11.9 Å². The Morgan fingerprint density at radius 3 is 2.86 bits per heavy atom. The van der Waals surface area contributed by atoms with E-state index in [2.05, 4.69) is 6.92 Å². The number of hydrogen-bond donors (Lipinski definition) is 1. The first-order valence-electron chi connectivity index (χ1n) is 7.76. The maximum Gasteiger partial charge on any atom is 0.257 e. The van der Waals surface area contributed by atoms with Gasteiger partial charge in [-0.3, -0.25) is 4.79 Å². The van der Waals surface area contributed by atoms with Gasteiger partial charge < -0.3 is 14.7 Å². The average molecular weight is 289 g/mol. The first-order chi connectivity index (χ1) is 9.99. The number of hydrogen-bond acceptors (Lipinski definition) is 3. The smallest absolute Gasteiger partial charge is 0.257 e. The lowest BCUT2D eigenvalue weighted by molar-refractivity contribution is 0.0757. The maximum atomic E-state index is 12.8. The van der Waals surface area contributed by atoms with Crippen molar-refractivity contribution in [1.29, 1.82) is 0 Å². The number of carbonyl (C=O) groups is 1. The number of fused-ring (bicyclic) bond motifs is 1. The number of nitrogens with zero attached hydrogens (tertiary/aromatic N) is 1. The molecule has 1 saturated heterocycles. The molecule has 1 amide bonds. The highest BCUT2D eigenvalue weighted by molar-refractivity contribution is 5.97. The van der Waals surface area contributed by atoms with Crippen molar-refractivity contribution < 1.29 is 14.6 Å². The van der Waals surface area contributed by atoms with Gasteiger partial charge in [0.05, 0.1) is 11.7 Å². The van der Waals surface area contributed by atoms with Crippen LogP contribution in [-0.4, -0.2) is 41.2 Å². The second-order valence-electron chi connectivity index (χ2n) is 6.38. The van der Waals surface area contributed by atoms with Gasteiger partial charge in [-0.15, -0.1) is 0 Å². The van der Waals surface area contributed by atoms with Gasteiger partial charge in [0.2, 0.25) is 0 Å². The molecule has 4 unspecified atom stereocenters. The van der Waals surface area contributed by atoms with Gasteiger partial charge in [-0.2, -0.15) is 0 Å². The maximum absolute atomic E-state index is 12.8. The van der Waals surface area contributed by atoms with E-state index in [1.54, 1.807) is 6.92 Å². The molecule has 0 aromatic heterocycles. The van der Waals surface area contributed by atoms with Crippen molar-refractivity contribution in [3.63, 3.8) is 0 Å². The third kappa shape index (κ3) is 2.42. The topological polar surface area (TPSA) is 49.8 Å². The van der Waals surface area contributed by atoms with E-state index in [9.17, 15) is 9.90 Å². The van der Waals surface area contributed by atoms with Crippen LogP contribution in [0.3, 0.4) is 0 Å². The molecular formula is C17H23NO3. The van der Waals surface area contributed by atoms with Crippen molar-refractivity contribution in [2.24, 2.45) is 5.92 Å². The van der Waals surface area contributed by atoms with Crippen LogP contribution < -0.4 is 4.74 Å². The molecule has 0 saturated carbocycles. The molecule has 3 rings (SSSR count). The molecule has 4 heteroatoms. The number of amides is 1. The molecule has 1 aromatic carbocycles. The van der Waals surface area contributed by atoms with E-state index in [0.717, 1.165) is 17.7 Å². The van der Waals surface area contributed by atoms with Crippen molar-refractivity contribution in [2.45, 2.75) is 45.3 Å². The fraction of sp³-hybridized carbons (Fsp3) is 0.588. The lowest BCUT2D eigenvalue weighted by Gasteiger charge is -2.19. The minimum Gasteiger partial charge on any atom is -0.489 e. The number of aliphatic hydroxyl groups is 1. The number of likely N-dealkylation sites (tertiary alicyclic amines) is 1. The third-order valence-corrected chi connectivity index (χ3v) is 4.97. The van der Waals surface area contributed by atoms with E-state index in [1.807, 2.05) is 30.0 Å². The highest BCUT2D eigenvalue weighted by atomic mass is 16.5. The normalized spacial score (nSPS) is 29.1. The summed E-state index contributed by atoms with van der Waals surface area (Å²) < 4.78 is 5.91. The van der Waals surface area contributed by atoms with Crippen molar-refractivity contribution in [2.75, 3.05) is 13.1 Å². The van der Waals surface area contributed by atoms with Crippen LogP contribution in [-0.2, 0) is 0 Å². The Bertz CT molecular complexity index is 555. The van der Waals surface area contributed by atoms with Crippen LogP contribution in [0.15, 0.2) is 18.2 Å². The summed E-state index contributed by atoms with van der Waals surface area (Å²) in [5, 5.41) is 9.68. The van der Waals surface area contributed by atoms with Crippen molar-refractivity contribution in [3.05, 3.63) is 29.3 Å². The Hall–Kier alpha value is -1.55. The molecule has 1 N–H and O–H groups in total. The second kappa shape index (κ2) is 5.34. The minimum atomic E-state index is -0.361. The van der Waals surface area contributed by atoms with E-state index in [4.69, 9.17) is 4.74 Å². The number of rotatable bonds is 2. The first-order valence-corrected chi connectivity index (χ1v) is 7.76. The van der Waals surface area contributed by atoms with Gasteiger partial charge in [-0.1, -0.05) is 19.1 Å².